The second kappa shape index (κ2) is 7.66. The quantitative estimate of drug-likeness (QED) is 0.586. The average Bonchev–Trinajstić information content (AvgIpc) is 2.71. The van der Waals surface area contributed by atoms with Gasteiger partial charge in [-0.05, 0) is 13.0 Å². The lowest BCUT2D eigenvalue weighted by atomic mass is 9.95. The molecule has 0 amide bonds. The lowest BCUT2D eigenvalue weighted by Crippen LogP contribution is -2.02. The molecule has 27 heavy (non-hydrogen) atoms. The second-order valence-electron chi connectivity index (χ2n) is 6.20. The van der Waals surface area contributed by atoms with Gasteiger partial charge in [0.2, 0.25) is 0 Å². The standard InChI is InChI=1S/C22H23NO4/c1-6-18(24)17-10-13(2)23-22-15(17)8-7-9-16(22)21-19(26-4)11-14(25-3)12-20(21)27-5/h7-12H,6H2,1-5H3. The number of hydrogen-bond acceptors (Lipinski definition) is 5. The molecule has 0 aliphatic rings. The number of carbonyl (C=O) groups excluding carboxylic acids is 1. The molecule has 0 fully saturated rings. The minimum Gasteiger partial charge on any atom is -0.496 e. The molecule has 3 rings (SSSR count). The molecule has 0 spiro atoms. The molecule has 0 saturated heterocycles. The maximum Gasteiger partial charge on any atom is 0.163 e. The molecule has 5 heteroatoms. The zero-order valence-electron chi connectivity index (χ0n) is 16.3. The molecule has 1 aromatic heterocycles. The topological polar surface area (TPSA) is 57.7 Å². The van der Waals surface area contributed by atoms with Gasteiger partial charge in [0.05, 0.1) is 32.4 Å². The number of fused-ring (bicyclic) bond motifs is 1. The van der Waals surface area contributed by atoms with Crippen LogP contribution in [0.25, 0.3) is 22.0 Å². The molecule has 3 aromatic rings. The van der Waals surface area contributed by atoms with Crippen LogP contribution in [0.15, 0.2) is 36.4 Å². The van der Waals surface area contributed by atoms with Gasteiger partial charge in [-0.2, -0.15) is 0 Å². The summed E-state index contributed by atoms with van der Waals surface area (Å²) in [5.41, 5.74) is 3.85. The number of pyridine rings is 1. The molecule has 0 N–H and O–H groups in total. The van der Waals surface area contributed by atoms with Gasteiger partial charge in [0.15, 0.2) is 5.78 Å². The van der Waals surface area contributed by atoms with Gasteiger partial charge in [-0.1, -0.05) is 25.1 Å². The van der Waals surface area contributed by atoms with Gasteiger partial charge in [0.1, 0.15) is 17.2 Å². The highest BCUT2D eigenvalue weighted by molar-refractivity contribution is 6.10. The highest BCUT2D eigenvalue weighted by Crippen LogP contribution is 2.44. The van der Waals surface area contributed by atoms with E-state index in [9.17, 15) is 4.79 Å². The van der Waals surface area contributed by atoms with Gasteiger partial charge in [-0.25, -0.2) is 0 Å². The third-order valence-electron chi connectivity index (χ3n) is 4.57. The zero-order valence-corrected chi connectivity index (χ0v) is 16.3. The molecule has 2 aromatic carbocycles. The van der Waals surface area contributed by atoms with Crippen molar-refractivity contribution in [2.45, 2.75) is 20.3 Å². The highest BCUT2D eigenvalue weighted by atomic mass is 16.5. The number of para-hydroxylation sites is 1. The molecule has 0 unspecified atom stereocenters. The van der Waals surface area contributed by atoms with Crippen LogP contribution in [-0.4, -0.2) is 32.1 Å². The zero-order chi connectivity index (χ0) is 19.6. The summed E-state index contributed by atoms with van der Waals surface area (Å²) < 4.78 is 16.6. The summed E-state index contributed by atoms with van der Waals surface area (Å²) in [5.74, 6) is 1.96. The SMILES string of the molecule is CCC(=O)c1cc(C)nc2c(-c3c(OC)cc(OC)cc3OC)cccc12. The van der Waals surface area contributed by atoms with Gasteiger partial charge in [0, 0.05) is 40.8 Å². The van der Waals surface area contributed by atoms with Crippen molar-refractivity contribution in [2.24, 2.45) is 0 Å². The lowest BCUT2D eigenvalue weighted by Gasteiger charge is -2.17. The number of benzene rings is 2. The van der Waals surface area contributed by atoms with E-state index < -0.39 is 0 Å². The first-order valence-corrected chi connectivity index (χ1v) is 8.78. The number of Topliss-reactive ketones (excluding diaryl/α,β-unsaturated/α-hetero) is 1. The van der Waals surface area contributed by atoms with E-state index in [1.54, 1.807) is 21.3 Å². The van der Waals surface area contributed by atoms with Crippen molar-refractivity contribution >= 4 is 16.7 Å². The summed E-state index contributed by atoms with van der Waals surface area (Å²) >= 11 is 0. The van der Waals surface area contributed by atoms with Gasteiger partial charge in [-0.15, -0.1) is 0 Å². The van der Waals surface area contributed by atoms with E-state index in [0.717, 1.165) is 27.7 Å². The molecule has 0 bridgehead atoms. The minimum absolute atomic E-state index is 0.0938. The third kappa shape index (κ3) is 3.33. The van der Waals surface area contributed by atoms with Crippen LogP contribution < -0.4 is 14.2 Å². The van der Waals surface area contributed by atoms with Gasteiger partial charge >= 0.3 is 0 Å². The minimum atomic E-state index is 0.0938. The van der Waals surface area contributed by atoms with E-state index in [1.165, 1.54) is 0 Å². The Labute approximate surface area is 158 Å². The number of nitrogens with zero attached hydrogens (tertiary/aromatic N) is 1. The third-order valence-corrected chi connectivity index (χ3v) is 4.57. The van der Waals surface area contributed by atoms with E-state index in [1.807, 2.05) is 50.2 Å². The molecule has 0 saturated carbocycles. The van der Waals surface area contributed by atoms with Crippen LogP contribution in [0.4, 0.5) is 0 Å². The Morgan fingerprint density at radius 3 is 2.22 bits per heavy atom. The highest BCUT2D eigenvalue weighted by Gasteiger charge is 2.20. The fourth-order valence-electron chi connectivity index (χ4n) is 3.27. The van der Waals surface area contributed by atoms with Crippen molar-refractivity contribution in [1.29, 1.82) is 0 Å². The lowest BCUT2D eigenvalue weighted by molar-refractivity contribution is 0.0989. The first kappa shape index (κ1) is 18.7. The molecule has 140 valence electrons. The number of ether oxygens (including phenoxy) is 3. The van der Waals surface area contributed by atoms with Crippen molar-refractivity contribution in [2.75, 3.05) is 21.3 Å². The molecule has 0 atom stereocenters. The largest absolute Gasteiger partial charge is 0.496 e. The molecule has 0 aliphatic heterocycles. The Bertz CT molecular complexity index is 986. The van der Waals surface area contributed by atoms with E-state index in [0.29, 0.717) is 29.2 Å². The second-order valence-corrected chi connectivity index (χ2v) is 6.20. The van der Waals surface area contributed by atoms with Gasteiger partial charge in [-0.3, -0.25) is 9.78 Å². The van der Waals surface area contributed by atoms with Crippen molar-refractivity contribution in [1.82, 2.24) is 4.98 Å². The summed E-state index contributed by atoms with van der Waals surface area (Å²) in [6.45, 7) is 3.76. The monoisotopic (exact) mass is 365 g/mol. The smallest absolute Gasteiger partial charge is 0.163 e. The van der Waals surface area contributed by atoms with Crippen LogP contribution in [0.1, 0.15) is 29.4 Å². The summed E-state index contributed by atoms with van der Waals surface area (Å²) in [5, 5.41) is 0.824. The van der Waals surface area contributed by atoms with E-state index in [-0.39, 0.29) is 5.78 Å². The van der Waals surface area contributed by atoms with Crippen molar-refractivity contribution in [3.63, 3.8) is 0 Å². The predicted octanol–water partition coefficient (Wildman–Crippen LogP) is 4.83. The number of rotatable bonds is 6. The first-order valence-electron chi connectivity index (χ1n) is 8.78. The molecule has 5 nitrogen and oxygen atoms in total. The fraction of sp³-hybridized carbons (Fsp3) is 0.273. The molecule has 0 radical (unpaired) electrons. The Hall–Kier alpha value is -3.08. The maximum atomic E-state index is 12.5. The number of aromatic nitrogens is 1. The molecular formula is C22H23NO4. The Kier molecular flexibility index (Phi) is 5.31. The fourth-order valence-corrected chi connectivity index (χ4v) is 3.27. The number of hydrogen-bond donors (Lipinski definition) is 0. The Morgan fingerprint density at radius 1 is 1.00 bits per heavy atom. The number of methoxy groups -OCH3 is 3. The summed E-state index contributed by atoms with van der Waals surface area (Å²) in [6, 6.07) is 11.3. The normalized spacial score (nSPS) is 10.7. The van der Waals surface area contributed by atoms with Gasteiger partial charge < -0.3 is 14.2 Å². The van der Waals surface area contributed by atoms with Crippen molar-refractivity contribution < 1.29 is 19.0 Å². The number of aryl methyl sites for hydroxylation is 1. The maximum absolute atomic E-state index is 12.5. The number of ketones is 1. The molecular weight excluding hydrogens is 342 g/mol. The summed E-state index contributed by atoms with van der Waals surface area (Å²) in [7, 11) is 4.81. The van der Waals surface area contributed by atoms with Crippen LogP contribution in [0.3, 0.4) is 0 Å². The van der Waals surface area contributed by atoms with Crippen molar-refractivity contribution in [3.05, 3.63) is 47.7 Å². The summed E-state index contributed by atoms with van der Waals surface area (Å²) in [6.07, 6.45) is 0.442. The van der Waals surface area contributed by atoms with Crippen LogP contribution in [0.5, 0.6) is 17.2 Å². The average molecular weight is 365 g/mol. The van der Waals surface area contributed by atoms with Crippen LogP contribution in [-0.2, 0) is 0 Å². The van der Waals surface area contributed by atoms with E-state index >= 15 is 0 Å². The first-order chi connectivity index (χ1) is 13.0. The van der Waals surface area contributed by atoms with Crippen molar-refractivity contribution in [3.8, 4) is 28.4 Å². The molecule has 0 aliphatic carbocycles. The van der Waals surface area contributed by atoms with E-state index in [2.05, 4.69) is 0 Å². The number of carbonyl (C=O) groups is 1. The summed E-state index contributed by atoms with van der Waals surface area (Å²) in [4.78, 5) is 17.2. The van der Waals surface area contributed by atoms with Crippen LogP contribution >= 0.6 is 0 Å². The van der Waals surface area contributed by atoms with Crippen LogP contribution in [0, 0.1) is 6.92 Å². The van der Waals surface area contributed by atoms with E-state index in [4.69, 9.17) is 19.2 Å². The van der Waals surface area contributed by atoms with Crippen LogP contribution in [0.2, 0.25) is 0 Å². The Balaban J connectivity index is 2.40. The predicted molar refractivity (Wildman–Crippen MR) is 106 cm³/mol. The Morgan fingerprint density at radius 2 is 1.67 bits per heavy atom. The molecule has 1 heterocycles. The van der Waals surface area contributed by atoms with Gasteiger partial charge in [0.25, 0.3) is 0 Å².